The molecule has 2 fully saturated rings. The zero-order chi connectivity index (χ0) is 16.6. The molecular formula is C16H25N3O3S. The van der Waals surface area contributed by atoms with Crippen LogP contribution in [-0.4, -0.2) is 49.3 Å². The van der Waals surface area contributed by atoms with E-state index in [1.807, 2.05) is 51.1 Å². The number of morpholine rings is 1. The number of hydrogen-bond acceptors (Lipinski definition) is 5. The van der Waals surface area contributed by atoms with E-state index in [9.17, 15) is 8.42 Å². The first kappa shape index (κ1) is 16.9. The second-order valence-electron chi connectivity index (χ2n) is 6.54. The van der Waals surface area contributed by atoms with Crippen molar-refractivity contribution in [3.05, 3.63) is 35.9 Å². The maximum absolute atomic E-state index is 13.1. The molecule has 0 aliphatic carbocycles. The van der Waals surface area contributed by atoms with Gasteiger partial charge in [-0.15, -0.1) is 0 Å². The van der Waals surface area contributed by atoms with Gasteiger partial charge < -0.3 is 4.74 Å². The lowest BCUT2D eigenvalue weighted by Crippen LogP contribution is -2.52. The fourth-order valence-electron chi connectivity index (χ4n) is 3.52. The molecule has 2 N–H and O–H groups in total. The van der Waals surface area contributed by atoms with Crippen molar-refractivity contribution < 1.29 is 13.2 Å². The topological polar surface area (TPSA) is 70.7 Å². The minimum Gasteiger partial charge on any atom is -0.368 e. The molecule has 0 aromatic heterocycles. The number of rotatable bonds is 3. The quantitative estimate of drug-likeness (QED) is 0.861. The van der Waals surface area contributed by atoms with E-state index in [0.717, 1.165) is 5.56 Å². The normalized spacial score (nSPS) is 36.2. The minimum atomic E-state index is -3.41. The molecule has 128 valence electrons. The number of sulfonamides is 1. The molecule has 2 aliphatic rings. The van der Waals surface area contributed by atoms with Crippen LogP contribution in [0.5, 0.6) is 0 Å². The van der Waals surface area contributed by atoms with Crippen LogP contribution >= 0.6 is 0 Å². The first-order valence-electron chi connectivity index (χ1n) is 8.10. The Morgan fingerprint density at radius 1 is 1.04 bits per heavy atom. The standard InChI is InChI=1S/C16H25N3O3S/c1-11-9-19(10-15(22-11)14-7-5-4-6-8-14)23(20,21)16-12(2)17-18-13(16)3/h4-8,11-13,15-18H,9-10H2,1-3H3. The highest BCUT2D eigenvalue weighted by Crippen LogP contribution is 2.29. The third-order valence-electron chi connectivity index (χ3n) is 4.63. The molecule has 6 nitrogen and oxygen atoms in total. The Morgan fingerprint density at radius 3 is 2.26 bits per heavy atom. The van der Waals surface area contributed by atoms with Crippen LogP contribution in [0.3, 0.4) is 0 Å². The van der Waals surface area contributed by atoms with Crippen LogP contribution in [-0.2, 0) is 14.8 Å². The molecule has 23 heavy (non-hydrogen) atoms. The fraction of sp³-hybridized carbons (Fsp3) is 0.625. The molecule has 2 heterocycles. The highest BCUT2D eigenvalue weighted by atomic mass is 32.2. The second-order valence-corrected chi connectivity index (χ2v) is 8.63. The van der Waals surface area contributed by atoms with Crippen LogP contribution in [0.15, 0.2) is 30.3 Å². The van der Waals surface area contributed by atoms with Gasteiger partial charge in [0.1, 0.15) is 5.25 Å². The van der Waals surface area contributed by atoms with Crippen molar-refractivity contribution in [2.75, 3.05) is 13.1 Å². The molecule has 0 amide bonds. The fourth-order valence-corrected chi connectivity index (χ4v) is 5.79. The van der Waals surface area contributed by atoms with Gasteiger partial charge in [-0.1, -0.05) is 30.3 Å². The van der Waals surface area contributed by atoms with Gasteiger partial charge in [0.25, 0.3) is 0 Å². The summed E-state index contributed by atoms with van der Waals surface area (Å²) in [5, 5.41) is -0.468. The van der Waals surface area contributed by atoms with E-state index in [-0.39, 0.29) is 24.3 Å². The average molecular weight is 339 g/mol. The first-order valence-corrected chi connectivity index (χ1v) is 9.60. The van der Waals surface area contributed by atoms with E-state index in [1.165, 1.54) is 0 Å². The Labute approximate surface area is 138 Å². The molecule has 1 aromatic carbocycles. The highest BCUT2D eigenvalue weighted by molar-refractivity contribution is 7.89. The molecule has 2 aliphatic heterocycles. The van der Waals surface area contributed by atoms with Gasteiger partial charge in [0.2, 0.25) is 10.0 Å². The van der Waals surface area contributed by atoms with Crippen molar-refractivity contribution >= 4 is 10.0 Å². The lowest BCUT2D eigenvalue weighted by Gasteiger charge is -2.38. The molecule has 4 unspecified atom stereocenters. The van der Waals surface area contributed by atoms with E-state index in [2.05, 4.69) is 10.9 Å². The summed E-state index contributed by atoms with van der Waals surface area (Å²) in [6.45, 7) is 6.50. The summed E-state index contributed by atoms with van der Waals surface area (Å²) in [5.74, 6) is 0. The van der Waals surface area contributed by atoms with Gasteiger partial charge in [-0.05, 0) is 26.3 Å². The van der Waals surface area contributed by atoms with E-state index >= 15 is 0 Å². The molecule has 7 heteroatoms. The Morgan fingerprint density at radius 2 is 1.65 bits per heavy atom. The van der Waals surface area contributed by atoms with Gasteiger partial charge in [-0.2, -0.15) is 4.31 Å². The van der Waals surface area contributed by atoms with Gasteiger partial charge >= 0.3 is 0 Å². The van der Waals surface area contributed by atoms with E-state index < -0.39 is 15.3 Å². The van der Waals surface area contributed by atoms with Crippen LogP contribution < -0.4 is 10.9 Å². The van der Waals surface area contributed by atoms with Crippen LogP contribution in [0.2, 0.25) is 0 Å². The van der Waals surface area contributed by atoms with Crippen molar-refractivity contribution in [1.29, 1.82) is 0 Å². The smallest absolute Gasteiger partial charge is 0.220 e. The summed E-state index contributed by atoms with van der Waals surface area (Å²) in [6, 6.07) is 9.57. The lowest BCUT2D eigenvalue weighted by atomic mass is 10.1. The summed E-state index contributed by atoms with van der Waals surface area (Å²) in [5.41, 5.74) is 7.08. The average Bonchev–Trinajstić information content (AvgIpc) is 2.87. The van der Waals surface area contributed by atoms with Gasteiger partial charge in [-0.25, -0.2) is 8.42 Å². The number of hydrogen-bond donors (Lipinski definition) is 2. The maximum Gasteiger partial charge on any atom is 0.220 e. The molecule has 0 spiro atoms. The maximum atomic E-state index is 13.1. The van der Waals surface area contributed by atoms with Gasteiger partial charge in [0, 0.05) is 25.2 Å². The van der Waals surface area contributed by atoms with Crippen LogP contribution in [0.25, 0.3) is 0 Å². The zero-order valence-electron chi connectivity index (χ0n) is 13.8. The monoisotopic (exact) mass is 339 g/mol. The van der Waals surface area contributed by atoms with Crippen LogP contribution in [0, 0.1) is 0 Å². The summed E-state index contributed by atoms with van der Waals surface area (Å²) in [4.78, 5) is 0. The number of ether oxygens (including phenoxy) is 1. The van der Waals surface area contributed by atoms with Gasteiger partial charge in [0.15, 0.2) is 0 Å². The first-order chi connectivity index (χ1) is 10.9. The van der Waals surface area contributed by atoms with Crippen molar-refractivity contribution in [3.8, 4) is 0 Å². The van der Waals surface area contributed by atoms with Crippen molar-refractivity contribution in [1.82, 2.24) is 15.2 Å². The largest absolute Gasteiger partial charge is 0.368 e. The zero-order valence-corrected chi connectivity index (χ0v) is 14.6. The Kier molecular flexibility index (Phi) is 4.75. The Hall–Kier alpha value is -0.990. The summed E-state index contributed by atoms with van der Waals surface area (Å²) in [7, 11) is -3.41. The number of hydrazine groups is 1. The highest BCUT2D eigenvalue weighted by Gasteiger charge is 2.45. The third kappa shape index (κ3) is 3.29. The van der Waals surface area contributed by atoms with E-state index in [4.69, 9.17) is 4.74 Å². The summed E-state index contributed by atoms with van der Waals surface area (Å²) < 4.78 is 33.8. The van der Waals surface area contributed by atoms with E-state index in [1.54, 1.807) is 4.31 Å². The minimum absolute atomic E-state index is 0.122. The number of benzene rings is 1. The third-order valence-corrected chi connectivity index (χ3v) is 7.15. The van der Waals surface area contributed by atoms with E-state index in [0.29, 0.717) is 13.1 Å². The predicted molar refractivity (Wildman–Crippen MR) is 89.2 cm³/mol. The Bertz CT molecular complexity index is 627. The van der Waals surface area contributed by atoms with Crippen molar-refractivity contribution in [2.45, 2.75) is 50.3 Å². The molecule has 0 saturated carbocycles. The number of nitrogens with zero attached hydrogens (tertiary/aromatic N) is 1. The summed E-state index contributed by atoms with van der Waals surface area (Å²) in [6.07, 6.45) is -0.348. The van der Waals surface area contributed by atoms with Crippen LogP contribution in [0.1, 0.15) is 32.4 Å². The molecule has 3 rings (SSSR count). The Balaban J connectivity index is 1.84. The van der Waals surface area contributed by atoms with Gasteiger partial charge in [-0.3, -0.25) is 10.9 Å². The molecule has 4 atom stereocenters. The van der Waals surface area contributed by atoms with Gasteiger partial charge in [0.05, 0.1) is 12.2 Å². The summed E-state index contributed by atoms with van der Waals surface area (Å²) >= 11 is 0. The molecule has 1 aromatic rings. The predicted octanol–water partition coefficient (Wildman–Crippen LogP) is 1.03. The van der Waals surface area contributed by atoms with Crippen molar-refractivity contribution in [2.24, 2.45) is 0 Å². The molecule has 2 saturated heterocycles. The molecule has 0 bridgehead atoms. The molecular weight excluding hydrogens is 314 g/mol. The van der Waals surface area contributed by atoms with Crippen LogP contribution in [0.4, 0.5) is 0 Å². The lowest BCUT2D eigenvalue weighted by molar-refractivity contribution is -0.0559. The van der Waals surface area contributed by atoms with Crippen molar-refractivity contribution in [3.63, 3.8) is 0 Å². The molecule has 0 radical (unpaired) electrons. The SMILES string of the molecule is CC1CN(S(=O)(=O)C2C(C)NNC2C)CC(c2ccccc2)O1. The second kappa shape index (κ2) is 6.49. The number of nitrogens with one attached hydrogen (secondary N) is 2.